The summed E-state index contributed by atoms with van der Waals surface area (Å²) < 4.78 is 5.39. The maximum atomic E-state index is 8.64. The Labute approximate surface area is 94.7 Å². The molecule has 1 N–H and O–H groups in total. The Morgan fingerprint density at radius 1 is 1.53 bits per heavy atom. The van der Waals surface area contributed by atoms with Gasteiger partial charge in [-0.05, 0) is 26.0 Å². The van der Waals surface area contributed by atoms with E-state index in [9.17, 15) is 0 Å². The third-order valence-corrected chi connectivity index (χ3v) is 2.79. The van der Waals surface area contributed by atoms with Crippen molar-refractivity contribution in [3.63, 3.8) is 0 Å². The van der Waals surface area contributed by atoms with Gasteiger partial charge in [-0.3, -0.25) is 0 Å². The molecule has 0 saturated heterocycles. The summed E-state index contributed by atoms with van der Waals surface area (Å²) in [7, 11) is 0. The zero-order chi connectivity index (χ0) is 11.1. The van der Waals surface area contributed by atoms with Crippen LogP contribution in [0.15, 0.2) is 12.1 Å². The van der Waals surface area contributed by atoms with Crippen LogP contribution >= 0.6 is 11.3 Å². The summed E-state index contributed by atoms with van der Waals surface area (Å²) in [6, 6.07) is 5.97. The second kappa shape index (κ2) is 6.57. The van der Waals surface area contributed by atoms with Gasteiger partial charge in [0.15, 0.2) is 0 Å². The number of nitrogens with zero attached hydrogens (tertiary/aromatic N) is 1. The summed E-state index contributed by atoms with van der Waals surface area (Å²) in [5.74, 6) is 0. The van der Waals surface area contributed by atoms with E-state index in [-0.39, 0.29) is 0 Å². The predicted octanol–water partition coefficient (Wildman–Crippen LogP) is 2.13. The molecule has 0 saturated carbocycles. The Bertz CT molecular complexity index is 328. The highest BCUT2D eigenvalue weighted by Crippen LogP contribution is 2.14. The van der Waals surface area contributed by atoms with Crippen molar-refractivity contribution in [1.82, 2.24) is 5.32 Å². The van der Waals surface area contributed by atoms with Crippen LogP contribution in [0, 0.1) is 11.3 Å². The van der Waals surface area contributed by atoms with E-state index >= 15 is 0 Å². The molecule has 3 nitrogen and oxygen atoms in total. The number of hydrogen-bond donors (Lipinski definition) is 1. The van der Waals surface area contributed by atoms with Gasteiger partial charge in [-0.1, -0.05) is 0 Å². The summed E-state index contributed by atoms with van der Waals surface area (Å²) in [6.45, 7) is 6.44. The summed E-state index contributed by atoms with van der Waals surface area (Å²) >= 11 is 1.53. The Balaban J connectivity index is 2.13. The van der Waals surface area contributed by atoms with Gasteiger partial charge in [0.1, 0.15) is 10.9 Å². The molecule has 0 aliphatic rings. The summed E-state index contributed by atoms with van der Waals surface area (Å²) in [6.07, 6.45) is 0.290. The maximum absolute atomic E-state index is 8.64. The first-order valence-electron chi connectivity index (χ1n) is 5.03. The highest BCUT2D eigenvalue weighted by atomic mass is 32.1. The van der Waals surface area contributed by atoms with Crippen LogP contribution in [-0.4, -0.2) is 19.3 Å². The van der Waals surface area contributed by atoms with Gasteiger partial charge in [-0.15, -0.1) is 11.3 Å². The Hall–Kier alpha value is -0.890. The molecule has 1 aromatic heterocycles. The molecular formula is C11H16N2OS. The van der Waals surface area contributed by atoms with Crippen molar-refractivity contribution in [2.75, 3.05) is 13.2 Å². The van der Waals surface area contributed by atoms with E-state index in [1.807, 2.05) is 26.0 Å². The van der Waals surface area contributed by atoms with E-state index < -0.39 is 0 Å². The average Bonchev–Trinajstić information content (AvgIpc) is 2.65. The Morgan fingerprint density at radius 2 is 2.33 bits per heavy atom. The van der Waals surface area contributed by atoms with Crippen molar-refractivity contribution in [3.8, 4) is 6.07 Å². The third-order valence-electron chi connectivity index (χ3n) is 1.80. The van der Waals surface area contributed by atoms with E-state index in [0.29, 0.717) is 6.10 Å². The van der Waals surface area contributed by atoms with Crippen molar-refractivity contribution in [1.29, 1.82) is 5.26 Å². The molecule has 0 bridgehead atoms. The lowest BCUT2D eigenvalue weighted by Gasteiger charge is -2.07. The van der Waals surface area contributed by atoms with E-state index in [1.54, 1.807) is 0 Å². The number of nitriles is 1. The molecule has 0 aliphatic heterocycles. The van der Waals surface area contributed by atoms with E-state index in [2.05, 4.69) is 11.4 Å². The fourth-order valence-electron chi connectivity index (χ4n) is 1.11. The molecular weight excluding hydrogens is 208 g/mol. The van der Waals surface area contributed by atoms with Crippen LogP contribution in [0.4, 0.5) is 0 Å². The van der Waals surface area contributed by atoms with Gasteiger partial charge in [0.25, 0.3) is 0 Å². The Morgan fingerprint density at radius 3 is 2.93 bits per heavy atom. The number of hydrogen-bond acceptors (Lipinski definition) is 4. The Kier molecular flexibility index (Phi) is 5.33. The van der Waals surface area contributed by atoms with Crippen molar-refractivity contribution in [3.05, 3.63) is 21.9 Å². The number of ether oxygens (including phenoxy) is 1. The molecule has 82 valence electrons. The van der Waals surface area contributed by atoms with Crippen molar-refractivity contribution < 1.29 is 4.74 Å². The minimum Gasteiger partial charge on any atom is -0.377 e. The predicted molar refractivity (Wildman–Crippen MR) is 61.8 cm³/mol. The molecule has 1 aromatic rings. The standard InChI is InChI=1S/C11H16N2OS/c1-9(2)14-6-5-13-8-11-4-3-10(7-12)15-11/h3-4,9,13H,5-6,8H2,1-2H3. The molecule has 0 aromatic carbocycles. The van der Waals surface area contributed by atoms with Crippen LogP contribution in [0.1, 0.15) is 23.6 Å². The molecule has 4 heteroatoms. The van der Waals surface area contributed by atoms with Crippen LogP contribution in [0.2, 0.25) is 0 Å². The lowest BCUT2D eigenvalue weighted by Crippen LogP contribution is -2.20. The fourth-order valence-corrected chi connectivity index (χ4v) is 1.89. The highest BCUT2D eigenvalue weighted by molar-refractivity contribution is 7.12. The van der Waals surface area contributed by atoms with Crippen molar-refractivity contribution >= 4 is 11.3 Å². The van der Waals surface area contributed by atoms with Gasteiger partial charge in [0.05, 0.1) is 12.7 Å². The van der Waals surface area contributed by atoms with Crippen LogP contribution in [0.5, 0.6) is 0 Å². The van der Waals surface area contributed by atoms with E-state index in [4.69, 9.17) is 10.00 Å². The monoisotopic (exact) mass is 224 g/mol. The van der Waals surface area contributed by atoms with E-state index in [1.165, 1.54) is 16.2 Å². The number of thiophene rings is 1. The van der Waals surface area contributed by atoms with Crippen molar-refractivity contribution in [2.45, 2.75) is 26.5 Å². The molecule has 0 spiro atoms. The normalized spacial score (nSPS) is 10.5. The molecule has 1 heterocycles. The van der Waals surface area contributed by atoms with Gasteiger partial charge in [0, 0.05) is 18.0 Å². The molecule has 0 atom stereocenters. The second-order valence-corrected chi connectivity index (χ2v) is 4.64. The number of rotatable bonds is 6. The van der Waals surface area contributed by atoms with Crippen LogP contribution < -0.4 is 5.32 Å². The largest absolute Gasteiger partial charge is 0.377 e. The quantitative estimate of drug-likeness (QED) is 0.753. The van der Waals surface area contributed by atoms with Crippen LogP contribution in [0.25, 0.3) is 0 Å². The zero-order valence-electron chi connectivity index (χ0n) is 9.12. The van der Waals surface area contributed by atoms with Gasteiger partial charge < -0.3 is 10.1 Å². The molecule has 0 amide bonds. The molecule has 1 rings (SSSR count). The van der Waals surface area contributed by atoms with E-state index in [0.717, 1.165) is 24.6 Å². The molecule has 0 aliphatic carbocycles. The molecule has 15 heavy (non-hydrogen) atoms. The van der Waals surface area contributed by atoms with Gasteiger partial charge in [-0.25, -0.2) is 0 Å². The van der Waals surface area contributed by atoms with Crippen LogP contribution in [-0.2, 0) is 11.3 Å². The van der Waals surface area contributed by atoms with Crippen LogP contribution in [0.3, 0.4) is 0 Å². The lowest BCUT2D eigenvalue weighted by molar-refractivity contribution is 0.0807. The smallest absolute Gasteiger partial charge is 0.110 e. The fraction of sp³-hybridized carbons (Fsp3) is 0.545. The third kappa shape index (κ3) is 4.93. The second-order valence-electron chi connectivity index (χ2n) is 3.47. The lowest BCUT2D eigenvalue weighted by atomic mass is 10.4. The molecule has 0 radical (unpaired) electrons. The maximum Gasteiger partial charge on any atom is 0.110 e. The highest BCUT2D eigenvalue weighted by Gasteiger charge is 1.98. The van der Waals surface area contributed by atoms with Gasteiger partial charge in [-0.2, -0.15) is 5.26 Å². The minimum atomic E-state index is 0.290. The van der Waals surface area contributed by atoms with Gasteiger partial charge >= 0.3 is 0 Å². The minimum absolute atomic E-state index is 0.290. The first kappa shape index (κ1) is 12.2. The average molecular weight is 224 g/mol. The summed E-state index contributed by atoms with van der Waals surface area (Å²) in [5, 5.41) is 11.9. The zero-order valence-corrected chi connectivity index (χ0v) is 9.93. The first-order valence-corrected chi connectivity index (χ1v) is 5.85. The van der Waals surface area contributed by atoms with Crippen molar-refractivity contribution in [2.24, 2.45) is 0 Å². The SMILES string of the molecule is CC(C)OCCNCc1ccc(C#N)s1. The summed E-state index contributed by atoms with van der Waals surface area (Å²) in [5.41, 5.74) is 0. The van der Waals surface area contributed by atoms with Gasteiger partial charge in [0.2, 0.25) is 0 Å². The molecule has 0 fully saturated rings. The summed E-state index contributed by atoms with van der Waals surface area (Å²) in [4.78, 5) is 1.96. The molecule has 0 unspecified atom stereocenters. The first-order chi connectivity index (χ1) is 7.22. The topological polar surface area (TPSA) is 45.0 Å². The number of nitrogens with one attached hydrogen (secondary N) is 1.